The van der Waals surface area contributed by atoms with E-state index < -0.39 is 86.8 Å². The van der Waals surface area contributed by atoms with Crippen molar-refractivity contribution < 1.29 is 64.6 Å². The van der Waals surface area contributed by atoms with Crippen molar-refractivity contribution in [2.24, 2.45) is 0 Å². The Labute approximate surface area is 423 Å². The van der Waals surface area contributed by atoms with Crippen LogP contribution in [0.5, 0.6) is 0 Å². The molecule has 14 heteroatoms. The molecule has 2 saturated heterocycles. The number of rotatable bonds is 44. The van der Waals surface area contributed by atoms with Crippen LogP contribution >= 0.6 is 0 Å². The van der Waals surface area contributed by atoms with Gasteiger partial charge < -0.3 is 65.1 Å². The minimum Gasteiger partial charge on any atom is -0.394 e. The quantitative estimate of drug-likeness (QED) is 0.0206. The Morgan fingerprint density at radius 1 is 0.514 bits per heavy atom. The lowest BCUT2D eigenvalue weighted by atomic mass is 9.97. The number of nitrogens with one attached hydrogen (secondary N) is 1. The monoisotopic (exact) mass is 998 g/mol. The number of unbranched alkanes of at least 4 members (excludes halogenated alkanes) is 27. The number of carbonyl (C=O) groups is 1. The van der Waals surface area contributed by atoms with Gasteiger partial charge in [0.25, 0.3) is 0 Å². The van der Waals surface area contributed by atoms with E-state index in [1.54, 1.807) is 6.08 Å². The van der Waals surface area contributed by atoms with E-state index >= 15 is 0 Å². The number of aliphatic hydroxyl groups is 8. The SMILES string of the molecule is CCCCC/C=C\C/C=C\CCCCCCCCCC(=O)NC(COC1OC(CO)C(OC2OC(CO)C(O)C(O)C2O)C(O)C1O)C(O)/C=C/CCCCCCCCCCCCCCCCCCC. The first-order valence-electron chi connectivity index (χ1n) is 28.2. The van der Waals surface area contributed by atoms with Crippen LogP contribution in [0.2, 0.25) is 0 Å². The minimum absolute atomic E-state index is 0.247. The Bertz CT molecular complexity index is 1320. The van der Waals surface area contributed by atoms with Crippen LogP contribution in [0.4, 0.5) is 0 Å². The number of hydrogen-bond donors (Lipinski definition) is 9. The number of carbonyl (C=O) groups excluding carboxylic acids is 1. The van der Waals surface area contributed by atoms with Gasteiger partial charge in [0, 0.05) is 6.42 Å². The van der Waals surface area contributed by atoms with Crippen LogP contribution in [-0.2, 0) is 23.7 Å². The minimum atomic E-state index is -1.79. The van der Waals surface area contributed by atoms with Crippen LogP contribution in [0.1, 0.15) is 219 Å². The molecule has 0 saturated carbocycles. The van der Waals surface area contributed by atoms with Gasteiger partial charge in [0.15, 0.2) is 12.6 Å². The van der Waals surface area contributed by atoms with Crippen molar-refractivity contribution in [3.05, 3.63) is 36.5 Å². The van der Waals surface area contributed by atoms with Crippen molar-refractivity contribution in [1.82, 2.24) is 5.32 Å². The Morgan fingerprint density at radius 2 is 0.943 bits per heavy atom. The second kappa shape index (κ2) is 42.6. The molecule has 0 aromatic carbocycles. The molecule has 12 unspecified atom stereocenters. The molecule has 0 bridgehead atoms. The highest BCUT2D eigenvalue weighted by atomic mass is 16.7. The summed E-state index contributed by atoms with van der Waals surface area (Å²) in [4.78, 5) is 13.2. The normalized spacial score (nSPS) is 26.2. The van der Waals surface area contributed by atoms with E-state index in [-0.39, 0.29) is 18.9 Å². The summed E-state index contributed by atoms with van der Waals surface area (Å²) in [5, 5.41) is 87.0. The number of hydrogen-bond acceptors (Lipinski definition) is 13. The molecule has 70 heavy (non-hydrogen) atoms. The second-order valence-electron chi connectivity index (χ2n) is 20.1. The van der Waals surface area contributed by atoms with E-state index in [1.165, 1.54) is 135 Å². The average Bonchev–Trinajstić information content (AvgIpc) is 3.36. The van der Waals surface area contributed by atoms with Gasteiger partial charge in [0.05, 0.1) is 32.0 Å². The van der Waals surface area contributed by atoms with E-state index in [1.807, 2.05) is 6.08 Å². The lowest BCUT2D eigenvalue weighted by molar-refractivity contribution is -0.359. The van der Waals surface area contributed by atoms with Gasteiger partial charge in [-0.1, -0.05) is 198 Å². The summed E-state index contributed by atoms with van der Waals surface area (Å²) in [6.07, 6.45) is 33.1. The largest absolute Gasteiger partial charge is 0.394 e. The summed E-state index contributed by atoms with van der Waals surface area (Å²) in [6.45, 7) is 2.77. The molecule has 0 spiro atoms. The molecule has 0 radical (unpaired) electrons. The lowest BCUT2D eigenvalue weighted by Crippen LogP contribution is -2.65. The zero-order chi connectivity index (χ0) is 51.0. The summed E-state index contributed by atoms with van der Waals surface area (Å²) in [6, 6.07) is -0.918. The van der Waals surface area contributed by atoms with Crippen LogP contribution in [0, 0.1) is 0 Å². The number of ether oxygens (including phenoxy) is 4. The Hall–Kier alpha value is -1.79. The first-order valence-corrected chi connectivity index (χ1v) is 28.2. The van der Waals surface area contributed by atoms with Crippen molar-refractivity contribution in [1.29, 1.82) is 0 Å². The molecule has 2 aliphatic rings. The number of amides is 1. The molecule has 1 amide bonds. The fourth-order valence-corrected chi connectivity index (χ4v) is 9.20. The van der Waals surface area contributed by atoms with Crippen molar-refractivity contribution in [2.75, 3.05) is 19.8 Å². The summed E-state index contributed by atoms with van der Waals surface area (Å²) in [5.41, 5.74) is 0. The van der Waals surface area contributed by atoms with Crippen molar-refractivity contribution in [3.63, 3.8) is 0 Å². The highest BCUT2D eigenvalue weighted by Gasteiger charge is 2.51. The van der Waals surface area contributed by atoms with Crippen molar-refractivity contribution >= 4 is 5.91 Å². The highest BCUT2D eigenvalue weighted by Crippen LogP contribution is 2.30. The van der Waals surface area contributed by atoms with E-state index in [0.29, 0.717) is 6.42 Å². The summed E-state index contributed by atoms with van der Waals surface area (Å²) in [5.74, 6) is -0.247. The van der Waals surface area contributed by atoms with Gasteiger partial charge in [-0.25, -0.2) is 0 Å². The topological polar surface area (TPSA) is 228 Å². The van der Waals surface area contributed by atoms with Crippen LogP contribution < -0.4 is 5.32 Å². The van der Waals surface area contributed by atoms with Gasteiger partial charge in [-0.05, 0) is 51.4 Å². The van der Waals surface area contributed by atoms with Crippen LogP contribution in [-0.4, -0.2) is 140 Å². The van der Waals surface area contributed by atoms with Gasteiger partial charge in [-0.2, -0.15) is 0 Å². The first-order chi connectivity index (χ1) is 34.1. The molecular formula is C56H103NO13. The zero-order valence-electron chi connectivity index (χ0n) is 43.8. The van der Waals surface area contributed by atoms with Gasteiger partial charge in [0.1, 0.15) is 48.8 Å². The molecule has 410 valence electrons. The standard InChI is InChI=1S/C56H103NO13/c1-3-5-7-9-11-13-15-17-19-21-22-24-25-27-29-31-33-35-37-39-45(60)44(57-48(61)40-38-36-34-32-30-28-26-23-20-18-16-14-12-10-8-6-4-2)43-67-55-53(66)51(64)54(47(42-59)69-55)70-56-52(65)50(63)49(62)46(41-58)68-56/h12,14,18,20,37,39,44-47,49-56,58-60,62-66H,3-11,13,15-17,19,21-36,38,40-43H2,1-2H3,(H,57,61)/b14-12-,20-18-,39-37+. The molecular weight excluding hydrogens is 895 g/mol. The number of aliphatic hydroxyl groups excluding tert-OH is 8. The molecule has 0 aromatic heterocycles. The number of allylic oxidation sites excluding steroid dienone is 5. The van der Waals surface area contributed by atoms with Gasteiger partial charge in [-0.3, -0.25) is 4.79 Å². The smallest absolute Gasteiger partial charge is 0.220 e. The molecule has 0 aromatic rings. The van der Waals surface area contributed by atoms with E-state index in [4.69, 9.17) is 18.9 Å². The third-order valence-electron chi connectivity index (χ3n) is 13.8. The molecule has 9 N–H and O–H groups in total. The van der Waals surface area contributed by atoms with E-state index in [2.05, 4.69) is 43.5 Å². The molecule has 2 rings (SSSR count). The first kappa shape index (κ1) is 64.3. The fourth-order valence-electron chi connectivity index (χ4n) is 9.20. The van der Waals surface area contributed by atoms with E-state index in [9.17, 15) is 45.6 Å². The van der Waals surface area contributed by atoms with Gasteiger partial charge in [-0.15, -0.1) is 0 Å². The summed E-state index contributed by atoms with van der Waals surface area (Å²) in [7, 11) is 0. The maximum Gasteiger partial charge on any atom is 0.220 e. The summed E-state index contributed by atoms with van der Waals surface area (Å²) >= 11 is 0. The van der Waals surface area contributed by atoms with E-state index in [0.717, 1.165) is 57.8 Å². The Kier molecular flexibility index (Phi) is 39.1. The highest BCUT2D eigenvalue weighted by molar-refractivity contribution is 5.76. The Morgan fingerprint density at radius 3 is 1.46 bits per heavy atom. The zero-order valence-corrected chi connectivity index (χ0v) is 43.8. The Balaban J connectivity index is 1.81. The molecule has 2 aliphatic heterocycles. The maximum absolute atomic E-state index is 13.2. The molecule has 2 heterocycles. The second-order valence-corrected chi connectivity index (χ2v) is 20.1. The predicted octanol–water partition coefficient (Wildman–Crippen LogP) is 8.66. The van der Waals surface area contributed by atoms with Gasteiger partial charge in [0.2, 0.25) is 5.91 Å². The van der Waals surface area contributed by atoms with Crippen LogP contribution in [0.3, 0.4) is 0 Å². The van der Waals surface area contributed by atoms with Crippen LogP contribution in [0.25, 0.3) is 0 Å². The molecule has 0 aliphatic carbocycles. The third kappa shape index (κ3) is 28.6. The molecule has 14 nitrogen and oxygen atoms in total. The van der Waals surface area contributed by atoms with Crippen molar-refractivity contribution in [3.8, 4) is 0 Å². The average molecular weight is 998 g/mol. The van der Waals surface area contributed by atoms with Gasteiger partial charge >= 0.3 is 0 Å². The fraction of sp³-hybridized carbons (Fsp3) is 0.875. The molecule has 12 atom stereocenters. The lowest BCUT2D eigenvalue weighted by Gasteiger charge is -2.46. The van der Waals surface area contributed by atoms with Crippen molar-refractivity contribution in [2.45, 2.75) is 293 Å². The molecule has 2 fully saturated rings. The predicted molar refractivity (Wildman–Crippen MR) is 277 cm³/mol. The maximum atomic E-state index is 13.2. The third-order valence-corrected chi connectivity index (χ3v) is 13.8. The summed E-state index contributed by atoms with van der Waals surface area (Å²) < 4.78 is 22.7. The van der Waals surface area contributed by atoms with Crippen LogP contribution in [0.15, 0.2) is 36.5 Å².